The van der Waals surface area contributed by atoms with Gasteiger partial charge in [-0.3, -0.25) is 9.59 Å². The van der Waals surface area contributed by atoms with Crippen LogP contribution in [-0.2, 0) is 19.4 Å². The summed E-state index contributed by atoms with van der Waals surface area (Å²) >= 11 is 0. The number of nitrogens with zero attached hydrogens (tertiary/aromatic N) is 2. The Kier molecular flexibility index (Phi) is 5.18. The van der Waals surface area contributed by atoms with Crippen molar-refractivity contribution < 1.29 is 18.0 Å². The average Bonchev–Trinajstić information content (AvgIpc) is 3.57. The third-order valence-corrected chi connectivity index (χ3v) is 7.58. The number of rotatable bonds is 4. The van der Waals surface area contributed by atoms with Crippen molar-refractivity contribution in [2.24, 2.45) is 5.92 Å². The van der Waals surface area contributed by atoms with Gasteiger partial charge in [0.25, 0.3) is 0 Å². The molecule has 1 aliphatic carbocycles. The highest BCUT2D eigenvalue weighted by Crippen LogP contribution is 2.42. The summed E-state index contributed by atoms with van der Waals surface area (Å²) < 4.78 is 24.6. The van der Waals surface area contributed by atoms with Gasteiger partial charge in [-0.15, -0.1) is 0 Å². The summed E-state index contributed by atoms with van der Waals surface area (Å²) in [7, 11) is -3.32. The number of carbonyl (C=O) groups is 2. The predicted octanol–water partition coefficient (Wildman–Crippen LogP) is 3.65. The molecule has 4 rings (SSSR count). The van der Waals surface area contributed by atoms with Crippen LogP contribution in [0, 0.1) is 5.92 Å². The smallest absolute Gasteiger partial charge is 0.230 e. The summed E-state index contributed by atoms with van der Waals surface area (Å²) in [5, 5.41) is 0. The lowest BCUT2D eigenvalue weighted by Gasteiger charge is -2.41. The molecule has 7 heteroatoms. The Morgan fingerprint density at radius 1 is 1.03 bits per heavy atom. The molecule has 2 aromatic rings. The molecule has 2 aliphatic rings. The van der Waals surface area contributed by atoms with Gasteiger partial charge in [-0.2, -0.15) is 0 Å². The van der Waals surface area contributed by atoms with Gasteiger partial charge in [0.05, 0.1) is 28.1 Å². The van der Waals surface area contributed by atoms with Crippen molar-refractivity contribution in [2.75, 3.05) is 22.1 Å². The first-order valence-corrected chi connectivity index (χ1v) is 12.0. The van der Waals surface area contributed by atoms with Crippen molar-refractivity contribution in [3.05, 3.63) is 42.5 Å². The van der Waals surface area contributed by atoms with Crippen molar-refractivity contribution in [2.45, 2.75) is 44.6 Å². The second kappa shape index (κ2) is 7.54. The Hall–Kier alpha value is -2.67. The first-order valence-electron chi connectivity index (χ1n) is 10.3. The van der Waals surface area contributed by atoms with E-state index in [9.17, 15) is 18.0 Å². The van der Waals surface area contributed by atoms with Crippen molar-refractivity contribution in [1.82, 2.24) is 0 Å². The first-order chi connectivity index (χ1) is 14.2. The molecule has 1 heterocycles. The van der Waals surface area contributed by atoms with Crippen molar-refractivity contribution in [1.29, 1.82) is 0 Å². The van der Waals surface area contributed by atoms with E-state index in [2.05, 4.69) is 0 Å². The molecule has 6 nitrogen and oxygen atoms in total. The van der Waals surface area contributed by atoms with E-state index in [1.54, 1.807) is 34.9 Å². The quantitative estimate of drug-likeness (QED) is 0.748. The second-order valence-corrected chi connectivity index (χ2v) is 10.4. The van der Waals surface area contributed by atoms with Crippen LogP contribution < -0.4 is 9.80 Å². The fraction of sp³-hybridized carbons (Fsp3) is 0.391. The molecule has 158 valence electrons. The van der Waals surface area contributed by atoms with Gasteiger partial charge in [0, 0.05) is 19.4 Å². The van der Waals surface area contributed by atoms with Gasteiger partial charge in [-0.1, -0.05) is 25.1 Å². The molecule has 2 aromatic carbocycles. The van der Waals surface area contributed by atoms with Crippen LogP contribution in [0.1, 0.15) is 33.6 Å². The number of sulfone groups is 1. The molecule has 1 unspecified atom stereocenters. The Morgan fingerprint density at radius 3 is 2.37 bits per heavy atom. The highest BCUT2D eigenvalue weighted by molar-refractivity contribution is 7.91. The minimum Gasteiger partial charge on any atom is -0.308 e. The van der Waals surface area contributed by atoms with E-state index in [1.807, 2.05) is 31.2 Å². The van der Waals surface area contributed by atoms with Crippen LogP contribution >= 0.6 is 0 Å². The summed E-state index contributed by atoms with van der Waals surface area (Å²) in [6.07, 6.45) is 1.82. The van der Waals surface area contributed by atoms with Crippen molar-refractivity contribution >= 4 is 33.0 Å². The van der Waals surface area contributed by atoms with Crippen LogP contribution in [0.5, 0.6) is 0 Å². The SMILES string of the molecule is CCS(=O)(=O)c1cccc(-c2ccc3c(c2)N(C(=O)C2CC2)CC(C)N3C(C)=O)c1. The van der Waals surface area contributed by atoms with Crippen LogP contribution in [-0.4, -0.2) is 38.6 Å². The monoisotopic (exact) mass is 426 g/mol. The summed E-state index contributed by atoms with van der Waals surface area (Å²) in [5.41, 5.74) is 3.01. The number of anilines is 2. The Balaban J connectivity index is 1.82. The summed E-state index contributed by atoms with van der Waals surface area (Å²) in [4.78, 5) is 29.1. The molecular formula is C23H26N2O4S. The van der Waals surface area contributed by atoms with Crippen LogP contribution in [0.25, 0.3) is 11.1 Å². The number of carbonyl (C=O) groups excluding carboxylic acids is 2. The zero-order valence-electron chi connectivity index (χ0n) is 17.5. The molecule has 1 saturated carbocycles. The van der Waals surface area contributed by atoms with Crippen LogP contribution in [0.15, 0.2) is 47.4 Å². The number of hydrogen-bond acceptors (Lipinski definition) is 4. The minimum absolute atomic E-state index is 0.0375. The summed E-state index contributed by atoms with van der Waals surface area (Å²) in [6.45, 7) is 5.56. The number of amides is 2. The Labute approximate surface area is 177 Å². The standard InChI is InChI=1S/C23H26N2O4S/c1-4-30(28,29)20-7-5-6-18(12-20)19-10-11-21-22(13-19)24(23(27)17-8-9-17)14-15(2)25(21)16(3)26/h5-7,10-13,15,17H,4,8-9,14H2,1-3H3. The van der Waals surface area contributed by atoms with E-state index in [0.29, 0.717) is 12.2 Å². The van der Waals surface area contributed by atoms with E-state index in [-0.39, 0.29) is 34.4 Å². The van der Waals surface area contributed by atoms with Gasteiger partial charge < -0.3 is 9.80 Å². The normalized spacial score (nSPS) is 18.8. The van der Waals surface area contributed by atoms with E-state index >= 15 is 0 Å². The molecule has 0 radical (unpaired) electrons. The zero-order chi connectivity index (χ0) is 21.6. The van der Waals surface area contributed by atoms with E-state index in [1.165, 1.54) is 6.92 Å². The van der Waals surface area contributed by atoms with Crippen molar-refractivity contribution in [3.8, 4) is 11.1 Å². The third-order valence-electron chi connectivity index (χ3n) is 5.85. The summed E-state index contributed by atoms with van der Waals surface area (Å²) in [6, 6.07) is 12.4. The van der Waals surface area contributed by atoms with E-state index in [0.717, 1.165) is 29.7 Å². The van der Waals surface area contributed by atoms with Gasteiger partial charge in [0.15, 0.2) is 9.84 Å². The number of hydrogen-bond donors (Lipinski definition) is 0. The maximum absolute atomic E-state index is 13.0. The van der Waals surface area contributed by atoms with E-state index in [4.69, 9.17) is 0 Å². The molecule has 1 atom stereocenters. The van der Waals surface area contributed by atoms with E-state index < -0.39 is 9.84 Å². The molecule has 0 N–H and O–H groups in total. The zero-order valence-corrected chi connectivity index (χ0v) is 18.3. The topological polar surface area (TPSA) is 74.8 Å². The fourth-order valence-electron chi connectivity index (χ4n) is 4.08. The Morgan fingerprint density at radius 2 is 1.73 bits per heavy atom. The molecule has 2 amide bonds. The van der Waals surface area contributed by atoms with Gasteiger partial charge in [-0.25, -0.2) is 8.42 Å². The van der Waals surface area contributed by atoms with Crippen LogP contribution in [0.4, 0.5) is 11.4 Å². The molecular weight excluding hydrogens is 400 g/mol. The maximum Gasteiger partial charge on any atom is 0.230 e. The number of fused-ring (bicyclic) bond motifs is 1. The van der Waals surface area contributed by atoms with Crippen molar-refractivity contribution in [3.63, 3.8) is 0 Å². The predicted molar refractivity (Wildman–Crippen MR) is 117 cm³/mol. The largest absolute Gasteiger partial charge is 0.308 e. The molecule has 1 fully saturated rings. The molecule has 1 aliphatic heterocycles. The lowest BCUT2D eigenvalue weighted by Crippen LogP contribution is -2.51. The highest BCUT2D eigenvalue weighted by Gasteiger charge is 2.39. The van der Waals surface area contributed by atoms with Gasteiger partial charge in [0.1, 0.15) is 0 Å². The maximum atomic E-state index is 13.0. The molecule has 0 spiro atoms. The number of benzene rings is 2. The second-order valence-electron chi connectivity index (χ2n) is 8.10. The lowest BCUT2D eigenvalue weighted by atomic mass is 10.00. The van der Waals surface area contributed by atoms with Gasteiger partial charge >= 0.3 is 0 Å². The summed E-state index contributed by atoms with van der Waals surface area (Å²) in [5.74, 6) is 0.142. The average molecular weight is 427 g/mol. The van der Waals surface area contributed by atoms with Crippen LogP contribution in [0.3, 0.4) is 0 Å². The lowest BCUT2D eigenvalue weighted by molar-refractivity contribution is -0.120. The minimum atomic E-state index is -3.32. The molecule has 0 bridgehead atoms. The first kappa shape index (κ1) is 20.6. The fourth-order valence-corrected chi connectivity index (χ4v) is 5.01. The highest BCUT2D eigenvalue weighted by atomic mass is 32.2. The van der Waals surface area contributed by atoms with Gasteiger partial charge in [-0.05, 0) is 55.2 Å². The molecule has 30 heavy (non-hydrogen) atoms. The molecule has 0 saturated heterocycles. The van der Waals surface area contributed by atoms with Gasteiger partial charge in [0.2, 0.25) is 11.8 Å². The van der Waals surface area contributed by atoms with Crippen LogP contribution in [0.2, 0.25) is 0 Å². The third kappa shape index (κ3) is 3.62. The Bertz CT molecular complexity index is 1120. The molecule has 0 aromatic heterocycles.